The quantitative estimate of drug-likeness (QED) is 0.506. The SMILES string of the molecule is NNc1ncnc2c1cnn2C1CC(CC#CC2CC2)CO1. The Morgan fingerprint density at radius 2 is 2.32 bits per heavy atom. The van der Waals surface area contributed by atoms with E-state index in [9.17, 15) is 0 Å². The molecule has 1 saturated heterocycles. The number of nitrogens with two attached hydrogens (primary N) is 1. The largest absolute Gasteiger partial charge is 0.356 e. The molecule has 0 radical (unpaired) electrons. The van der Waals surface area contributed by atoms with E-state index in [-0.39, 0.29) is 6.23 Å². The first-order valence-corrected chi connectivity index (χ1v) is 7.60. The van der Waals surface area contributed by atoms with Gasteiger partial charge in [-0.1, -0.05) is 5.92 Å². The molecular weight excluding hydrogens is 280 g/mol. The standard InChI is InChI=1S/C15H18N6O/c16-20-14-12-7-19-21(15(12)18-9-17-14)13-6-11(8-22-13)3-1-2-10-4-5-10/h7,9-11,13H,3-6,8,16H2,(H,17,18,20). The van der Waals surface area contributed by atoms with Crippen molar-refractivity contribution < 1.29 is 4.74 Å². The highest BCUT2D eigenvalue weighted by atomic mass is 16.5. The van der Waals surface area contributed by atoms with Crippen LogP contribution in [-0.2, 0) is 4.74 Å². The molecule has 2 unspecified atom stereocenters. The minimum Gasteiger partial charge on any atom is -0.356 e. The van der Waals surface area contributed by atoms with Crippen LogP contribution in [0.1, 0.15) is 31.9 Å². The van der Waals surface area contributed by atoms with Crippen molar-refractivity contribution in [2.45, 2.75) is 31.9 Å². The predicted molar refractivity (Wildman–Crippen MR) is 81.3 cm³/mol. The van der Waals surface area contributed by atoms with Crippen molar-refractivity contribution in [2.24, 2.45) is 17.7 Å². The van der Waals surface area contributed by atoms with Gasteiger partial charge in [-0.15, -0.1) is 5.92 Å². The number of nitrogens with zero attached hydrogens (tertiary/aromatic N) is 4. The number of anilines is 1. The third kappa shape index (κ3) is 2.51. The number of nitrogens with one attached hydrogen (secondary N) is 1. The molecule has 7 heteroatoms. The van der Waals surface area contributed by atoms with Crippen molar-refractivity contribution in [3.8, 4) is 11.8 Å². The molecule has 2 aliphatic rings. The van der Waals surface area contributed by atoms with Gasteiger partial charge in [-0.25, -0.2) is 20.5 Å². The van der Waals surface area contributed by atoms with Gasteiger partial charge in [-0.2, -0.15) is 5.10 Å². The lowest BCUT2D eigenvalue weighted by molar-refractivity contribution is 0.0480. The Morgan fingerprint density at radius 1 is 1.41 bits per heavy atom. The molecule has 2 aromatic heterocycles. The second-order valence-corrected chi connectivity index (χ2v) is 5.88. The summed E-state index contributed by atoms with van der Waals surface area (Å²) in [5.74, 6) is 13.8. The Kier molecular flexibility index (Phi) is 3.41. The molecule has 1 saturated carbocycles. The first-order valence-electron chi connectivity index (χ1n) is 7.60. The zero-order valence-corrected chi connectivity index (χ0v) is 12.2. The van der Waals surface area contributed by atoms with Crippen LogP contribution in [0.3, 0.4) is 0 Å². The Labute approximate surface area is 128 Å². The zero-order valence-electron chi connectivity index (χ0n) is 12.2. The average molecular weight is 298 g/mol. The van der Waals surface area contributed by atoms with E-state index < -0.39 is 0 Å². The number of hydrogen-bond acceptors (Lipinski definition) is 6. The number of aromatic nitrogens is 4. The second kappa shape index (κ2) is 5.55. The van der Waals surface area contributed by atoms with Crippen molar-refractivity contribution in [1.82, 2.24) is 19.7 Å². The van der Waals surface area contributed by atoms with Crippen molar-refractivity contribution in [2.75, 3.05) is 12.0 Å². The molecule has 3 heterocycles. The maximum atomic E-state index is 5.89. The van der Waals surface area contributed by atoms with E-state index in [1.807, 2.05) is 4.68 Å². The highest BCUT2D eigenvalue weighted by molar-refractivity contribution is 5.85. The minimum absolute atomic E-state index is 0.0919. The third-order valence-electron chi connectivity index (χ3n) is 4.13. The Bertz CT molecular complexity index is 741. The minimum atomic E-state index is -0.0919. The van der Waals surface area contributed by atoms with Gasteiger partial charge in [0, 0.05) is 18.8 Å². The van der Waals surface area contributed by atoms with Crippen LogP contribution in [0.25, 0.3) is 11.0 Å². The van der Waals surface area contributed by atoms with E-state index in [4.69, 9.17) is 10.6 Å². The summed E-state index contributed by atoms with van der Waals surface area (Å²) in [6, 6.07) is 0. The number of ether oxygens (including phenoxy) is 1. The normalized spacial score (nSPS) is 24.2. The lowest BCUT2D eigenvalue weighted by Gasteiger charge is -2.10. The Morgan fingerprint density at radius 3 is 3.14 bits per heavy atom. The average Bonchev–Trinajstić information content (AvgIpc) is 3.08. The summed E-state index contributed by atoms with van der Waals surface area (Å²) in [4.78, 5) is 8.38. The van der Waals surface area contributed by atoms with E-state index in [1.165, 1.54) is 19.2 Å². The van der Waals surface area contributed by atoms with Crippen molar-refractivity contribution >= 4 is 16.9 Å². The van der Waals surface area contributed by atoms with Crippen molar-refractivity contribution in [1.29, 1.82) is 0 Å². The van der Waals surface area contributed by atoms with Gasteiger partial charge < -0.3 is 10.2 Å². The van der Waals surface area contributed by atoms with Crippen LogP contribution >= 0.6 is 0 Å². The molecule has 3 N–H and O–H groups in total. The van der Waals surface area contributed by atoms with Crippen LogP contribution in [0, 0.1) is 23.7 Å². The van der Waals surface area contributed by atoms with Gasteiger partial charge in [0.05, 0.1) is 18.2 Å². The van der Waals surface area contributed by atoms with Crippen LogP contribution in [0.5, 0.6) is 0 Å². The Balaban J connectivity index is 1.50. The van der Waals surface area contributed by atoms with Gasteiger partial charge in [0.15, 0.2) is 17.7 Å². The molecule has 2 fully saturated rings. The highest BCUT2D eigenvalue weighted by Crippen LogP contribution is 2.32. The van der Waals surface area contributed by atoms with Crippen LogP contribution in [0.15, 0.2) is 12.5 Å². The smallest absolute Gasteiger partial charge is 0.166 e. The molecule has 114 valence electrons. The monoisotopic (exact) mass is 298 g/mol. The third-order valence-corrected chi connectivity index (χ3v) is 4.13. The van der Waals surface area contributed by atoms with E-state index in [1.54, 1.807) is 6.20 Å². The molecule has 0 bridgehead atoms. The number of hydrogen-bond donors (Lipinski definition) is 2. The Hall–Kier alpha value is -2.17. The fourth-order valence-electron chi connectivity index (χ4n) is 2.74. The van der Waals surface area contributed by atoms with E-state index >= 15 is 0 Å². The first kappa shape index (κ1) is 13.5. The molecule has 0 aromatic carbocycles. The van der Waals surface area contributed by atoms with Gasteiger partial charge >= 0.3 is 0 Å². The number of rotatable bonds is 3. The van der Waals surface area contributed by atoms with Gasteiger partial charge in [0.25, 0.3) is 0 Å². The van der Waals surface area contributed by atoms with E-state index in [2.05, 4.69) is 32.3 Å². The van der Waals surface area contributed by atoms with Gasteiger partial charge in [0.1, 0.15) is 6.33 Å². The van der Waals surface area contributed by atoms with Crippen molar-refractivity contribution in [3.05, 3.63) is 12.5 Å². The summed E-state index contributed by atoms with van der Waals surface area (Å²) in [5.41, 5.74) is 3.30. The number of hydrazine groups is 1. The maximum Gasteiger partial charge on any atom is 0.166 e. The van der Waals surface area contributed by atoms with Crippen LogP contribution in [-0.4, -0.2) is 26.4 Å². The summed E-state index contributed by atoms with van der Waals surface area (Å²) < 4.78 is 7.70. The van der Waals surface area contributed by atoms with Crippen molar-refractivity contribution in [3.63, 3.8) is 0 Å². The second-order valence-electron chi connectivity index (χ2n) is 5.88. The van der Waals surface area contributed by atoms with E-state index in [0.717, 1.165) is 30.5 Å². The van der Waals surface area contributed by atoms with Crippen LogP contribution < -0.4 is 11.3 Å². The summed E-state index contributed by atoms with van der Waals surface area (Å²) in [6.07, 6.45) is 7.45. The highest BCUT2D eigenvalue weighted by Gasteiger charge is 2.28. The first-order chi connectivity index (χ1) is 10.8. The fourth-order valence-corrected chi connectivity index (χ4v) is 2.74. The molecule has 22 heavy (non-hydrogen) atoms. The molecule has 2 atom stereocenters. The number of fused-ring (bicyclic) bond motifs is 1. The number of nitrogen functional groups attached to an aromatic ring is 1. The van der Waals surface area contributed by atoms with Gasteiger partial charge in [-0.3, -0.25) is 0 Å². The molecule has 2 aromatic rings. The summed E-state index contributed by atoms with van der Waals surface area (Å²) >= 11 is 0. The van der Waals surface area contributed by atoms with Crippen LogP contribution in [0.2, 0.25) is 0 Å². The summed E-state index contributed by atoms with van der Waals surface area (Å²) in [7, 11) is 0. The predicted octanol–water partition coefficient (Wildman–Crippen LogP) is 1.45. The fraction of sp³-hybridized carbons (Fsp3) is 0.533. The molecule has 0 amide bonds. The lowest BCUT2D eigenvalue weighted by Crippen LogP contribution is -2.11. The molecule has 0 spiro atoms. The molecule has 4 rings (SSSR count). The summed E-state index contributed by atoms with van der Waals surface area (Å²) in [6.45, 7) is 0.721. The van der Waals surface area contributed by atoms with Gasteiger partial charge in [0.2, 0.25) is 0 Å². The van der Waals surface area contributed by atoms with Gasteiger partial charge in [-0.05, 0) is 18.8 Å². The summed E-state index contributed by atoms with van der Waals surface area (Å²) in [5, 5.41) is 5.19. The van der Waals surface area contributed by atoms with Crippen LogP contribution in [0.4, 0.5) is 5.82 Å². The zero-order chi connectivity index (χ0) is 14.9. The molecular formula is C15H18N6O. The molecule has 1 aliphatic carbocycles. The lowest BCUT2D eigenvalue weighted by atomic mass is 10.0. The molecule has 1 aliphatic heterocycles. The maximum absolute atomic E-state index is 5.89. The molecule has 7 nitrogen and oxygen atoms in total. The topological polar surface area (TPSA) is 90.9 Å². The van der Waals surface area contributed by atoms with E-state index in [0.29, 0.717) is 17.7 Å².